The lowest BCUT2D eigenvalue weighted by Crippen LogP contribution is -2.38. The number of carbonyl (C=O) groups excluding carboxylic acids is 2. The van der Waals surface area contributed by atoms with E-state index in [1.54, 1.807) is 17.0 Å². The number of benzene rings is 2. The van der Waals surface area contributed by atoms with Gasteiger partial charge in [0, 0.05) is 19.1 Å². The Labute approximate surface area is 185 Å². The number of nitrogens with two attached hydrogens (primary N) is 1. The van der Waals surface area contributed by atoms with Gasteiger partial charge in [-0.2, -0.15) is 0 Å². The number of hydrogen-bond acceptors (Lipinski definition) is 6. The average molecular weight is 429 g/mol. The highest BCUT2D eigenvalue weighted by Crippen LogP contribution is 2.30. The van der Waals surface area contributed by atoms with Gasteiger partial charge in [0.15, 0.2) is 0 Å². The van der Waals surface area contributed by atoms with E-state index < -0.39 is 0 Å². The maximum atomic E-state index is 13.0. The largest absolute Gasteiger partial charge is 0.457 e. The molecule has 0 spiro atoms. The third-order valence-corrected chi connectivity index (χ3v) is 5.22. The minimum absolute atomic E-state index is 0.147. The highest BCUT2D eigenvalue weighted by atomic mass is 16.5. The van der Waals surface area contributed by atoms with Crippen LogP contribution in [-0.2, 0) is 4.79 Å². The Hall–Kier alpha value is -4.20. The fraction of sp³-hybridized carbons (Fsp3) is 0.167. The van der Waals surface area contributed by atoms with Crippen LogP contribution in [0.15, 0.2) is 73.6 Å². The molecule has 1 fully saturated rings. The van der Waals surface area contributed by atoms with E-state index in [9.17, 15) is 9.59 Å². The number of rotatable bonds is 6. The molecule has 1 unspecified atom stereocenters. The van der Waals surface area contributed by atoms with Gasteiger partial charge in [-0.25, -0.2) is 9.97 Å². The van der Waals surface area contributed by atoms with Gasteiger partial charge in [0.2, 0.25) is 5.91 Å². The van der Waals surface area contributed by atoms with Gasteiger partial charge in [-0.05, 0) is 42.3 Å². The number of nitrogens with one attached hydrogen (secondary N) is 1. The first-order chi connectivity index (χ1) is 15.5. The summed E-state index contributed by atoms with van der Waals surface area (Å²) in [5.74, 6) is 1.07. The van der Waals surface area contributed by atoms with Crippen LogP contribution in [0.25, 0.3) is 11.1 Å². The molecule has 0 radical (unpaired) electrons. The Morgan fingerprint density at radius 3 is 2.53 bits per heavy atom. The molecule has 2 amide bonds. The monoisotopic (exact) mass is 429 g/mol. The van der Waals surface area contributed by atoms with Crippen LogP contribution >= 0.6 is 0 Å². The van der Waals surface area contributed by atoms with Crippen LogP contribution in [0.1, 0.15) is 16.9 Å². The molecule has 1 aliphatic rings. The Bertz CT molecular complexity index is 1130. The number of likely N-dealkylation sites (tertiary alicyclic amines) is 1. The third kappa shape index (κ3) is 4.59. The molecule has 32 heavy (non-hydrogen) atoms. The van der Waals surface area contributed by atoms with Crippen molar-refractivity contribution >= 4 is 17.6 Å². The van der Waals surface area contributed by atoms with Crippen molar-refractivity contribution in [3.05, 3.63) is 79.3 Å². The first-order valence-electron chi connectivity index (χ1n) is 10.2. The van der Waals surface area contributed by atoms with Gasteiger partial charge < -0.3 is 20.7 Å². The van der Waals surface area contributed by atoms with Gasteiger partial charge in [-0.3, -0.25) is 9.59 Å². The Kier molecular flexibility index (Phi) is 6.12. The molecule has 0 saturated carbocycles. The summed E-state index contributed by atoms with van der Waals surface area (Å²) in [4.78, 5) is 34.7. The fourth-order valence-corrected chi connectivity index (χ4v) is 3.63. The zero-order valence-corrected chi connectivity index (χ0v) is 17.4. The Morgan fingerprint density at radius 2 is 1.81 bits per heavy atom. The second-order valence-corrected chi connectivity index (χ2v) is 7.37. The predicted octanol–water partition coefficient (Wildman–Crippen LogP) is 3.03. The van der Waals surface area contributed by atoms with E-state index in [0.717, 1.165) is 5.75 Å². The maximum absolute atomic E-state index is 13.0. The first kappa shape index (κ1) is 21.0. The SMILES string of the molecule is C=CC(=O)N1CCC(NC(=O)c2ncnc(N)c2-c2ccc(Oc3ccccc3)cc2)C1. The van der Waals surface area contributed by atoms with Crippen molar-refractivity contribution in [3.8, 4) is 22.6 Å². The lowest BCUT2D eigenvalue weighted by atomic mass is 10.0. The van der Waals surface area contributed by atoms with Crippen LogP contribution < -0.4 is 15.8 Å². The van der Waals surface area contributed by atoms with Crippen molar-refractivity contribution in [3.63, 3.8) is 0 Å². The van der Waals surface area contributed by atoms with E-state index in [1.807, 2.05) is 42.5 Å². The summed E-state index contributed by atoms with van der Waals surface area (Å²) in [7, 11) is 0. The van der Waals surface area contributed by atoms with E-state index in [4.69, 9.17) is 10.5 Å². The zero-order valence-electron chi connectivity index (χ0n) is 17.4. The minimum atomic E-state index is -0.364. The fourth-order valence-electron chi connectivity index (χ4n) is 3.63. The molecule has 3 N–H and O–H groups in total. The lowest BCUT2D eigenvalue weighted by Gasteiger charge is -2.16. The standard InChI is InChI=1S/C24H23N5O3/c1-2-20(30)29-13-12-17(14-29)28-24(31)22-21(23(25)27-15-26-22)16-8-10-19(11-9-16)32-18-6-4-3-5-7-18/h2-11,15,17H,1,12-14H2,(H,28,31)(H2,25,26,27). The van der Waals surface area contributed by atoms with Crippen molar-refractivity contribution in [2.45, 2.75) is 12.5 Å². The van der Waals surface area contributed by atoms with Crippen molar-refractivity contribution in [2.24, 2.45) is 0 Å². The zero-order chi connectivity index (χ0) is 22.5. The van der Waals surface area contributed by atoms with E-state index in [1.165, 1.54) is 12.4 Å². The van der Waals surface area contributed by atoms with Crippen LogP contribution in [0.5, 0.6) is 11.5 Å². The van der Waals surface area contributed by atoms with Gasteiger partial charge in [0.25, 0.3) is 5.91 Å². The van der Waals surface area contributed by atoms with Gasteiger partial charge in [0.05, 0.1) is 5.56 Å². The van der Waals surface area contributed by atoms with Gasteiger partial charge in [-0.15, -0.1) is 0 Å². The van der Waals surface area contributed by atoms with Crippen molar-refractivity contribution in [2.75, 3.05) is 18.8 Å². The number of anilines is 1. The molecule has 3 aromatic rings. The van der Waals surface area contributed by atoms with E-state index >= 15 is 0 Å². The van der Waals surface area contributed by atoms with Crippen LogP contribution in [0.4, 0.5) is 5.82 Å². The Balaban J connectivity index is 1.52. The molecule has 1 saturated heterocycles. The summed E-state index contributed by atoms with van der Waals surface area (Å²) >= 11 is 0. The minimum Gasteiger partial charge on any atom is -0.457 e. The van der Waals surface area contributed by atoms with E-state index in [-0.39, 0.29) is 29.4 Å². The highest BCUT2D eigenvalue weighted by Gasteiger charge is 2.28. The summed E-state index contributed by atoms with van der Waals surface area (Å²) in [5, 5.41) is 2.95. The number of hydrogen-bond donors (Lipinski definition) is 2. The number of para-hydroxylation sites is 1. The molecule has 0 bridgehead atoms. The second-order valence-electron chi connectivity index (χ2n) is 7.37. The molecule has 1 aliphatic heterocycles. The summed E-state index contributed by atoms with van der Waals surface area (Å²) in [6, 6.07) is 16.5. The normalized spacial score (nSPS) is 15.2. The summed E-state index contributed by atoms with van der Waals surface area (Å²) < 4.78 is 5.82. The van der Waals surface area contributed by atoms with Crippen LogP contribution in [0.3, 0.4) is 0 Å². The molecule has 0 aliphatic carbocycles. The molecule has 2 aromatic carbocycles. The van der Waals surface area contributed by atoms with Gasteiger partial charge in [-0.1, -0.05) is 36.9 Å². The molecule has 8 heteroatoms. The van der Waals surface area contributed by atoms with Crippen LogP contribution in [-0.4, -0.2) is 45.8 Å². The number of aromatic nitrogens is 2. The maximum Gasteiger partial charge on any atom is 0.271 e. The summed E-state index contributed by atoms with van der Waals surface area (Å²) in [6.07, 6.45) is 3.20. The van der Waals surface area contributed by atoms with Crippen molar-refractivity contribution in [1.29, 1.82) is 0 Å². The van der Waals surface area contributed by atoms with E-state index in [0.29, 0.717) is 36.4 Å². The molecular weight excluding hydrogens is 406 g/mol. The highest BCUT2D eigenvalue weighted by molar-refractivity contribution is 6.01. The number of nitrogens with zero attached hydrogens (tertiary/aromatic N) is 3. The second kappa shape index (κ2) is 9.30. The smallest absolute Gasteiger partial charge is 0.271 e. The molecule has 2 heterocycles. The number of nitrogen functional groups attached to an aromatic ring is 1. The topological polar surface area (TPSA) is 110 Å². The van der Waals surface area contributed by atoms with Crippen molar-refractivity contribution < 1.29 is 14.3 Å². The number of carbonyl (C=O) groups is 2. The number of ether oxygens (including phenoxy) is 1. The van der Waals surface area contributed by atoms with Crippen LogP contribution in [0, 0.1) is 0 Å². The van der Waals surface area contributed by atoms with Gasteiger partial charge in [0.1, 0.15) is 29.3 Å². The van der Waals surface area contributed by atoms with Crippen molar-refractivity contribution in [1.82, 2.24) is 20.2 Å². The molecular formula is C24H23N5O3. The molecule has 8 nitrogen and oxygen atoms in total. The molecule has 1 atom stereocenters. The van der Waals surface area contributed by atoms with Gasteiger partial charge >= 0.3 is 0 Å². The Morgan fingerprint density at radius 1 is 1.09 bits per heavy atom. The predicted molar refractivity (Wildman–Crippen MR) is 121 cm³/mol. The average Bonchev–Trinajstić information content (AvgIpc) is 3.28. The number of amides is 2. The quantitative estimate of drug-likeness (QED) is 0.583. The van der Waals surface area contributed by atoms with Crippen LogP contribution in [0.2, 0.25) is 0 Å². The lowest BCUT2D eigenvalue weighted by molar-refractivity contribution is -0.125. The first-order valence-corrected chi connectivity index (χ1v) is 10.2. The summed E-state index contributed by atoms with van der Waals surface area (Å²) in [5.41, 5.74) is 7.45. The molecule has 1 aromatic heterocycles. The van der Waals surface area contributed by atoms with E-state index in [2.05, 4.69) is 21.9 Å². The third-order valence-electron chi connectivity index (χ3n) is 5.22. The summed E-state index contributed by atoms with van der Waals surface area (Å²) in [6.45, 7) is 4.50. The molecule has 162 valence electrons. The molecule has 4 rings (SSSR count).